The molecule has 2 heterocycles. The first-order valence-electron chi connectivity index (χ1n) is 7.95. The highest BCUT2D eigenvalue weighted by Gasteiger charge is 2.54. The predicted octanol–water partition coefficient (Wildman–Crippen LogP) is -4.64. The van der Waals surface area contributed by atoms with E-state index in [4.69, 9.17) is 24.1 Å². The molecular formula is C14H20O14. The molecule has 0 aromatic rings. The van der Waals surface area contributed by atoms with Crippen LogP contribution in [0.2, 0.25) is 0 Å². The van der Waals surface area contributed by atoms with E-state index in [1.165, 1.54) is 0 Å². The van der Waals surface area contributed by atoms with Crippen molar-refractivity contribution < 1.29 is 69.1 Å². The standard InChI is InChI=1S/C14H20O14/c1-2(15)25-7-6(19)13(24)26-10(12(22)23)9(7)28-14-5(18)3(16)4(17)8(27-14)11(20)21/h3-10,13-14,16-19,24H,1H3,(H,20,21)(H,22,23). The summed E-state index contributed by atoms with van der Waals surface area (Å²) in [5.74, 6) is -4.41. The van der Waals surface area contributed by atoms with Crippen LogP contribution in [0.4, 0.5) is 0 Å². The lowest BCUT2D eigenvalue weighted by molar-refractivity contribution is -0.346. The molecule has 7 N–H and O–H groups in total. The number of carbonyl (C=O) groups excluding carboxylic acids is 1. The van der Waals surface area contributed by atoms with Crippen molar-refractivity contribution in [3.05, 3.63) is 0 Å². The normalized spacial score (nSPS) is 43.9. The summed E-state index contributed by atoms with van der Waals surface area (Å²) in [6.07, 6.45) is -19.9. The topological polar surface area (TPSA) is 230 Å². The Kier molecular flexibility index (Phi) is 6.89. The minimum Gasteiger partial charge on any atom is -0.479 e. The van der Waals surface area contributed by atoms with Gasteiger partial charge in [-0.25, -0.2) is 9.59 Å². The van der Waals surface area contributed by atoms with Gasteiger partial charge in [0.25, 0.3) is 0 Å². The van der Waals surface area contributed by atoms with Gasteiger partial charge in [-0.05, 0) is 0 Å². The Balaban J connectivity index is 2.32. The van der Waals surface area contributed by atoms with Gasteiger partial charge in [-0.1, -0.05) is 0 Å². The molecule has 2 aliphatic heterocycles. The van der Waals surface area contributed by atoms with Crippen molar-refractivity contribution in [2.75, 3.05) is 0 Å². The molecule has 10 unspecified atom stereocenters. The number of carboxylic acids is 2. The fraction of sp³-hybridized carbons (Fsp3) is 0.786. The predicted molar refractivity (Wildman–Crippen MR) is 79.3 cm³/mol. The highest BCUT2D eigenvalue weighted by atomic mass is 16.7. The number of ether oxygens (including phenoxy) is 4. The molecule has 14 nitrogen and oxygen atoms in total. The highest BCUT2D eigenvalue weighted by Crippen LogP contribution is 2.30. The maximum Gasteiger partial charge on any atom is 0.335 e. The summed E-state index contributed by atoms with van der Waals surface area (Å²) in [4.78, 5) is 33.9. The first-order chi connectivity index (χ1) is 13.0. The van der Waals surface area contributed by atoms with Gasteiger partial charge < -0.3 is 54.7 Å². The van der Waals surface area contributed by atoms with Crippen molar-refractivity contribution in [1.82, 2.24) is 0 Å². The van der Waals surface area contributed by atoms with Crippen molar-refractivity contribution >= 4 is 17.9 Å². The van der Waals surface area contributed by atoms with E-state index in [2.05, 4.69) is 0 Å². The zero-order valence-corrected chi connectivity index (χ0v) is 14.3. The summed E-state index contributed by atoms with van der Waals surface area (Å²) >= 11 is 0. The third-order valence-electron chi connectivity index (χ3n) is 4.19. The van der Waals surface area contributed by atoms with E-state index in [0.717, 1.165) is 6.92 Å². The molecule has 0 aromatic heterocycles. The van der Waals surface area contributed by atoms with E-state index in [-0.39, 0.29) is 0 Å². The van der Waals surface area contributed by atoms with Crippen LogP contribution in [-0.2, 0) is 33.3 Å². The van der Waals surface area contributed by atoms with Gasteiger partial charge in [-0.15, -0.1) is 0 Å². The first-order valence-corrected chi connectivity index (χ1v) is 7.95. The fourth-order valence-electron chi connectivity index (χ4n) is 2.83. The molecule has 0 saturated carbocycles. The van der Waals surface area contributed by atoms with Gasteiger partial charge in [0.05, 0.1) is 0 Å². The summed E-state index contributed by atoms with van der Waals surface area (Å²) < 4.78 is 19.6. The summed E-state index contributed by atoms with van der Waals surface area (Å²) in [5, 5.41) is 67.4. The zero-order valence-electron chi connectivity index (χ0n) is 14.3. The number of aliphatic hydroxyl groups is 5. The number of carboxylic acid groups (broad SMARTS) is 2. The number of esters is 1. The van der Waals surface area contributed by atoms with Crippen LogP contribution in [0.1, 0.15) is 6.92 Å². The molecule has 0 radical (unpaired) electrons. The van der Waals surface area contributed by atoms with E-state index in [0.29, 0.717) is 0 Å². The monoisotopic (exact) mass is 412 g/mol. The molecule has 2 aliphatic rings. The largest absolute Gasteiger partial charge is 0.479 e. The van der Waals surface area contributed by atoms with Crippen molar-refractivity contribution in [3.8, 4) is 0 Å². The van der Waals surface area contributed by atoms with E-state index in [9.17, 15) is 45.0 Å². The minimum absolute atomic E-state index is 0.925. The second-order valence-corrected chi connectivity index (χ2v) is 6.19. The Morgan fingerprint density at radius 3 is 1.82 bits per heavy atom. The zero-order chi connectivity index (χ0) is 21.3. The van der Waals surface area contributed by atoms with Crippen LogP contribution in [0.5, 0.6) is 0 Å². The highest BCUT2D eigenvalue weighted by molar-refractivity contribution is 5.74. The summed E-state index contributed by atoms with van der Waals surface area (Å²) in [6, 6.07) is 0. The number of aliphatic hydroxyl groups excluding tert-OH is 5. The van der Waals surface area contributed by atoms with Gasteiger partial charge in [-0.3, -0.25) is 4.79 Å². The number of rotatable bonds is 5. The summed E-state index contributed by atoms with van der Waals surface area (Å²) in [6.45, 7) is 0.925. The van der Waals surface area contributed by atoms with Crippen LogP contribution in [0, 0.1) is 0 Å². The fourth-order valence-corrected chi connectivity index (χ4v) is 2.83. The molecule has 0 aromatic carbocycles. The van der Waals surface area contributed by atoms with Crippen LogP contribution < -0.4 is 0 Å². The Morgan fingerprint density at radius 1 is 0.750 bits per heavy atom. The lowest BCUT2D eigenvalue weighted by atomic mass is 9.96. The van der Waals surface area contributed by atoms with Crippen molar-refractivity contribution in [2.45, 2.75) is 68.3 Å². The number of carbonyl (C=O) groups is 3. The van der Waals surface area contributed by atoms with Crippen molar-refractivity contribution in [2.24, 2.45) is 0 Å². The number of hydrogen-bond donors (Lipinski definition) is 7. The maximum atomic E-state index is 11.4. The van der Waals surface area contributed by atoms with Crippen molar-refractivity contribution in [1.29, 1.82) is 0 Å². The quantitative estimate of drug-likeness (QED) is 0.211. The summed E-state index contributed by atoms with van der Waals surface area (Å²) in [5.41, 5.74) is 0. The molecule has 2 saturated heterocycles. The Bertz CT molecular complexity index is 609. The average molecular weight is 412 g/mol. The van der Waals surface area contributed by atoms with Crippen molar-refractivity contribution in [3.63, 3.8) is 0 Å². The molecule has 160 valence electrons. The molecule has 0 bridgehead atoms. The second kappa shape index (κ2) is 8.62. The first kappa shape index (κ1) is 22.4. The van der Waals surface area contributed by atoms with Gasteiger partial charge in [0, 0.05) is 6.92 Å². The Labute approximate surface area is 156 Å². The number of hydrogen-bond acceptors (Lipinski definition) is 12. The maximum absolute atomic E-state index is 11.4. The van der Waals surface area contributed by atoms with Crippen LogP contribution >= 0.6 is 0 Å². The Hall–Kier alpha value is -1.91. The van der Waals surface area contributed by atoms with E-state index >= 15 is 0 Å². The van der Waals surface area contributed by atoms with Gasteiger partial charge >= 0.3 is 17.9 Å². The average Bonchev–Trinajstić information content (AvgIpc) is 2.60. The second-order valence-electron chi connectivity index (χ2n) is 6.19. The molecule has 2 fully saturated rings. The smallest absolute Gasteiger partial charge is 0.335 e. The van der Waals surface area contributed by atoms with E-state index < -0.39 is 79.3 Å². The minimum atomic E-state index is -2.07. The molecular weight excluding hydrogens is 392 g/mol. The molecule has 14 heteroatoms. The number of aliphatic carboxylic acids is 2. The lowest BCUT2D eigenvalue weighted by Gasteiger charge is -2.44. The van der Waals surface area contributed by atoms with Crippen LogP contribution in [0.15, 0.2) is 0 Å². The van der Waals surface area contributed by atoms with Gasteiger partial charge in [0.1, 0.15) is 30.5 Å². The molecule has 28 heavy (non-hydrogen) atoms. The summed E-state index contributed by atoms with van der Waals surface area (Å²) in [7, 11) is 0. The molecule has 0 spiro atoms. The lowest BCUT2D eigenvalue weighted by Crippen LogP contribution is -2.66. The molecule has 0 amide bonds. The Morgan fingerprint density at radius 2 is 1.32 bits per heavy atom. The third-order valence-corrected chi connectivity index (χ3v) is 4.19. The van der Waals surface area contributed by atoms with Crippen LogP contribution in [0.25, 0.3) is 0 Å². The SMILES string of the molecule is CC(=O)OC1C(O)C(O)OC(C(=O)O)C1OC1OC(C(=O)O)C(O)C(O)C1O. The van der Waals surface area contributed by atoms with Crippen LogP contribution in [-0.4, -0.2) is 115 Å². The van der Waals surface area contributed by atoms with E-state index in [1.807, 2.05) is 0 Å². The van der Waals surface area contributed by atoms with Gasteiger partial charge in [0.2, 0.25) is 0 Å². The third kappa shape index (κ3) is 4.39. The van der Waals surface area contributed by atoms with Gasteiger partial charge in [-0.2, -0.15) is 0 Å². The molecule has 10 atom stereocenters. The van der Waals surface area contributed by atoms with E-state index in [1.54, 1.807) is 0 Å². The van der Waals surface area contributed by atoms with Crippen LogP contribution in [0.3, 0.4) is 0 Å². The molecule has 0 aliphatic carbocycles. The molecule has 2 rings (SSSR count). The van der Waals surface area contributed by atoms with Gasteiger partial charge in [0.15, 0.2) is 30.9 Å².